The van der Waals surface area contributed by atoms with Gasteiger partial charge in [0.25, 0.3) is 0 Å². The van der Waals surface area contributed by atoms with Gasteiger partial charge in [0, 0.05) is 11.1 Å². The van der Waals surface area contributed by atoms with E-state index in [0.717, 1.165) is 5.56 Å². The molecular formula is C10H9N2O2-. The Balaban J connectivity index is 2.62. The van der Waals surface area contributed by atoms with Crippen LogP contribution >= 0.6 is 0 Å². The van der Waals surface area contributed by atoms with E-state index in [2.05, 4.69) is 0 Å². The van der Waals surface area contributed by atoms with Gasteiger partial charge in [0.1, 0.15) is 5.69 Å². The molecule has 0 amide bonds. The van der Waals surface area contributed by atoms with Crippen LogP contribution in [0.5, 0.6) is 0 Å². The maximum Gasteiger partial charge on any atom is 0.212 e. The number of aromatic nitrogens is 2. The standard InChI is InChI=1S/C10H9N2O2/c1-8-7-11(13)12(14)10(8)9-5-3-2-4-6-9/h2-7H,1H3/q-1. The summed E-state index contributed by atoms with van der Waals surface area (Å²) in [5.74, 6) is 0. The number of rotatable bonds is 1. The van der Waals surface area contributed by atoms with Crippen LogP contribution in [0.4, 0.5) is 0 Å². The highest BCUT2D eigenvalue weighted by Gasteiger charge is 2.11. The third kappa shape index (κ3) is 1.21. The minimum Gasteiger partial charge on any atom is -0.758 e. The molecule has 0 atom stereocenters. The number of hydrogen-bond donors (Lipinski definition) is 0. The van der Waals surface area contributed by atoms with Gasteiger partial charge < -0.3 is 10.4 Å². The normalized spacial score (nSPS) is 10.4. The third-order valence-electron chi connectivity index (χ3n) is 2.10. The fraction of sp³-hybridized carbons (Fsp3) is 0.100. The largest absolute Gasteiger partial charge is 0.758 e. The van der Waals surface area contributed by atoms with Crippen molar-refractivity contribution in [1.82, 2.24) is 4.85 Å². The minimum atomic E-state index is 0.289. The number of benzene rings is 1. The van der Waals surface area contributed by atoms with E-state index >= 15 is 0 Å². The van der Waals surface area contributed by atoms with Gasteiger partial charge in [0.15, 0.2) is 0 Å². The molecule has 0 radical (unpaired) electrons. The van der Waals surface area contributed by atoms with Crippen LogP contribution in [0.2, 0.25) is 0 Å². The average molecular weight is 189 g/mol. The van der Waals surface area contributed by atoms with Crippen LogP contribution in [0.25, 0.3) is 11.3 Å². The first-order chi connectivity index (χ1) is 6.70. The molecule has 0 unspecified atom stereocenters. The van der Waals surface area contributed by atoms with Crippen LogP contribution in [0.3, 0.4) is 0 Å². The van der Waals surface area contributed by atoms with Gasteiger partial charge in [-0.3, -0.25) is 0 Å². The van der Waals surface area contributed by atoms with E-state index in [1.807, 2.05) is 18.2 Å². The van der Waals surface area contributed by atoms with Crippen molar-refractivity contribution in [3.05, 3.63) is 52.5 Å². The van der Waals surface area contributed by atoms with Crippen LogP contribution < -0.4 is 4.85 Å². The lowest BCUT2D eigenvalue weighted by Crippen LogP contribution is -2.33. The first-order valence-electron chi connectivity index (χ1n) is 4.25. The Hall–Kier alpha value is -1.97. The number of nitrogens with zero attached hydrogens (tertiary/aromatic N) is 2. The summed E-state index contributed by atoms with van der Waals surface area (Å²) in [5, 5.41) is 22.4. The van der Waals surface area contributed by atoms with Gasteiger partial charge in [-0.25, -0.2) is 0 Å². The van der Waals surface area contributed by atoms with E-state index in [0.29, 0.717) is 16.1 Å². The lowest BCUT2D eigenvalue weighted by molar-refractivity contribution is -0.684. The van der Waals surface area contributed by atoms with Crippen molar-refractivity contribution < 1.29 is 4.85 Å². The Bertz CT molecular complexity index is 449. The average Bonchev–Trinajstić information content (AvgIpc) is 2.43. The summed E-state index contributed by atoms with van der Waals surface area (Å²) in [6, 6.07) is 9.13. The summed E-state index contributed by atoms with van der Waals surface area (Å²) < 4.78 is 0. The molecule has 0 fully saturated rings. The Morgan fingerprint density at radius 3 is 2.36 bits per heavy atom. The van der Waals surface area contributed by atoms with E-state index in [9.17, 15) is 10.4 Å². The summed E-state index contributed by atoms with van der Waals surface area (Å²) in [7, 11) is 0. The Morgan fingerprint density at radius 1 is 1.21 bits per heavy atom. The van der Waals surface area contributed by atoms with Crippen LogP contribution in [0.1, 0.15) is 5.56 Å². The van der Waals surface area contributed by atoms with Gasteiger partial charge >= 0.3 is 0 Å². The lowest BCUT2D eigenvalue weighted by Gasteiger charge is -2.09. The molecule has 4 heteroatoms. The molecule has 4 nitrogen and oxygen atoms in total. The highest BCUT2D eigenvalue weighted by molar-refractivity contribution is 5.62. The van der Waals surface area contributed by atoms with Crippen molar-refractivity contribution >= 4 is 0 Å². The Kier molecular flexibility index (Phi) is 1.89. The molecular weight excluding hydrogens is 180 g/mol. The molecule has 2 rings (SSSR count). The quantitative estimate of drug-likeness (QED) is 0.503. The molecule has 0 spiro atoms. The molecule has 0 N–H and O–H groups in total. The number of hydrogen-bond acceptors (Lipinski definition) is 2. The number of aryl methyl sites for hydroxylation is 1. The summed E-state index contributed by atoms with van der Waals surface area (Å²) in [6.45, 7) is 1.74. The van der Waals surface area contributed by atoms with Crippen LogP contribution in [0.15, 0.2) is 36.5 Å². The monoisotopic (exact) mass is 189 g/mol. The van der Waals surface area contributed by atoms with E-state index in [-0.39, 0.29) is 4.85 Å². The molecule has 0 bridgehead atoms. The van der Waals surface area contributed by atoms with E-state index in [1.165, 1.54) is 6.20 Å². The second-order valence-corrected chi connectivity index (χ2v) is 3.10. The van der Waals surface area contributed by atoms with Crippen LogP contribution in [-0.4, -0.2) is 4.85 Å². The molecule has 72 valence electrons. The van der Waals surface area contributed by atoms with Gasteiger partial charge in [0.05, 0.1) is 0 Å². The van der Waals surface area contributed by atoms with E-state index < -0.39 is 0 Å². The summed E-state index contributed by atoms with van der Waals surface area (Å²) in [6.07, 6.45) is 1.27. The fourth-order valence-electron chi connectivity index (χ4n) is 1.46. The predicted molar refractivity (Wildman–Crippen MR) is 52.3 cm³/mol. The van der Waals surface area contributed by atoms with Gasteiger partial charge in [-0.05, 0) is 6.92 Å². The van der Waals surface area contributed by atoms with Gasteiger partial charge in [-0.15, -0.1) is 0 Å². The second kappa shape index (κ2) is 3.06. The zero-order chi connectivity index (χ0) is 10.1. The zero-order valence-electron chi connectivity index (χ0n) is 7.68. The van der Waals surface area contributed by atoms with Crippen LogP contribution in [-0.2, 0) is 0 Å². The maximum atomic E-state index is 11.4. The van der Waals surface area contributed by atoms with Gasteiger partial charge in [0.2, 0.25) is 6.20 Å². The zero-order valence-corrected chi connectivity index (χ0v) is 7.68. The Morgan fingerprint density at radius 2 is 1.86 bits per heavy atom. The molecule has 0 saturated heterocycles. The molecule has 2 aromatic rings. The second-order valence-electron chi connectivity index (χ2n) is 3.10. The van der Waals surface area contributed by atoms with Crippen LogP contribution in [0, 0.1) is 17.3 Å². The van der Waals surface area contributed by atoms with E-state index in [4.69, 9.17) is 0 Å². The molecule has 0 aliphatic heterocycles. The molecule has 0 saturated carbocycles. The molecule has 0 aliphatic carbocycles. The molecule has 1 aromatic heterocycles. The van der Waals surface area contributed by atoms with Crippen molar-refractivity contribution in [2.75, 3.05) is 0 Å². The summed E-state index contributed by atoms with van der Waals surface area (Å²) in [5.41, 5.74) is 1.86. The fourth-order valence-corrected chi connectivity index (χ4v) is 1.46. The van der Waals surface area contributed by atoms with Crippen molar-refractivity contribution in [2.24, 2.45) is 0 Å². The van der Waals surface area contributed by atoms with Crippen molar-refractivity contribution in [3.8, 4) is 11.3 Å². The SMILES string of the molecule is Cc1c[n+]([O-])n([O-])c1-c1ccccc1. The lowest BCUT2D eigenvalue weighted by atomic mass is 10.1. The topological polar surface area (TPSA) is 54.9 Å². The molecule has 0 aliphatic rings. The van der Waals surface area contributed by atoms with Crippen molar-refractivity contribution in [3.63, 3.8) is 0 Å². The predicted octanol–water partition coefficient (Wildman–Crippen LogP) is 1.44. The first kappa shape index (κ1) is 8.62. The maximum absolute atomic E-state index is 11.4. The third-order valence-corrected chi connectivity index (χ3v) is 2.10. The molecule has 1 heterocycles. The van der Waals surface area contributed by atoms with Gasteiger partial charge in [-0.1, -0.05) is 35.2 Å². The molecule has 1 aromatic carbocycles. The summed E-state index contributed by atoms with van der Waals surface area (Å²) >= 11 is 0. The highest BCUT2D eigenvalue weighted by atomic mass is 16.6. The van der Waals surface area contributed by atoms with Gasteiger partial charge in [-0.2, -0.15) is 4.85 Å². The smallest absolute Gasteiger partial charge is 0.212 e. The molecule has 14 heavy (non-hydrogen) atoms. The van der Waals surface area contributed by atoms with Crippen molar-refractivity contribution in [2.45, 2.75) is 6.92 Å². The Labute approximate surface area is 81.2 Å². The minimum absolute atomic E-state index is 0.289. The van der Waals surface area contributed by atoms with E-state index in [1.54, 1.807) is 19.1 Å². The first-order valence-corrected chi connectivity index (χ1v) is 4.25. The summed E-state index contributed by atoms with van der Waals surface area (Å²) in [4.78, 5) is 0.641. The highest BCUT2D eigenvalue weighted by Crippen LogP contribution is 2.20. The van der Waals surface area contributed by atoms with Crippen molar-refractivity contribution in [1.29, 1.82) is 0 Å².